The zero-order valence-electron chi connectivity index (χ0n) is 15.2. The number of alkyl halides is 3. The van der Waals surface area contributed by atoms with E-state index >= 15 is 0 Å². The summed E-state index contributed by atoms with van der Waals surface area (Å²) in [6.45, 7) is 2.14. The molecule has 0 saturated carbocycles. The maximum Gasteiger partial charge on any atom is 0.416 e. The van der Waals surface area contributed by atoms with Crippen molar-refractivity contribution in [3.05, 3.63) is 77.2 Å². The number of fused-ring (bicyclic) bond motifs is 1. The van der Waals surface area contributed by atoms with E-state index in [1.54, 1.807) is 4.68 Å². The molecule has 0 bridgehead atoms. The van der Waals surface area contributed by atoms with Crippen LogP contribution in [0.3, 0.4) is 0 Å². The summed E-state index contributed by atoms with van der Waals surface area (Å²) in [5.74, 6) is -0.0632. The molecule has 0 aliphatic heterocycles. The van der Waals surface area contributed by atoms with Crippen LogP contribution in [0.5, 0.6) is 0 Å². The molecule has 2 heterocycles. The first-order chi connectivity index (χ1) is 13.8. The molecule has 0 saturated heterocycles. The summed E-state index contributed by atoms with van der Waals surface area (Å²) in [6, 6.07) is 10.5. The number of aromatic nitrogens is 3. The van der Waals surface area contributed by atoms with E-state index in [9.17, 15) is 18.0 Å². The van der Waals surface area contributed by atoms with Crippen molar-refractivity contribution < 1.29 is 22.5 Å². The molecule has 6 nitrogen and oxygen atoms in total. The van der Waals surface area contributed by atoms with Crippen molar-refractivity contribution in [2.75, 3.05) is 5.32 Å². The molecule has 4 aromatic rings. The van der Waals surface area contributed by atoms with Crippen molar-refractivity contribution in [2.24, 2.45) is 0 Å². The summed E-state index contributed by atoms with van der Waals surface area (Å²) >= 11 is 0. The molecule has 148 valence electrons. The second-order valence-electron chi connectivity index (χ2n) is 6.54. The van der Waals surface area contributed by atoms with Crippen molar-refractivity contribution in [2.45, 2.75) is 19.6 Å². The van der Waals surface area contributed by atoms with E-state index < -0.39 is 17.6 Å². The number of hydrogen-bond acceptors (Lipinski definition) is 4. The van der Waals surface area contributed by atoms with E-state index in [4.69, 9.17) is 0 Å². The number of halogens is 3. The van der Waals surface area contributed by atoms with Crippen LogP contribution < -0.4 is 5.32 Å². The smallest absolute Gasteiger partial charge is 0.364 e. The van der Waals surface area contributed by atoms with Gasteiger partial charge >= 0.3 is 6.18 Å². The quantitative estimate of drug-likeness (QED) is 0.541. The minimum Gasteiger partial charge on any atom is -0.364 e. The first kappa shape index (κ1) is 18.7. The van der Waals surface area contributed by atoms with Gasteiger partial charge in [0, 0.05) is 5.39 Å². The highest BCUT2D eigenvalue weighted by atomic mass is 19.4. The van der Waals surface area contributed by atoms with Gasteiger partial charge < -0.3 is 9.84 Å². The molecule has 1 amide bonds. The predicted octanol–water partition coefficient (Wildman–Crippen LogP) is 4.65. The van der Waals surface area contributed by atoms with E-state index in [0.29, 0.717) is 11.4 Å². The number of carbonyl (C=O) groups excluding carboxylic acids is 1. The Morgan fingerprint density at radius 2 is 1.93 bits per heavy atom. The third-order valence-corrected chi connectivity index (χ3v) is 4.53. The molecule has 0 atom stereocenters. The van der Waals surface area contributed by atoms with Gasteiger partial charge in [0.05, 0.1) is 29.4 Å². The zero-order valence-corrected chi connectivity index (χ0v) is 15.2. The van der Waals surface area contributed by atoms with Gasteiger partial charge in [0.15, 0.2) is 5.82 Å². The zero-order chi connectivity index (χ0) is 20.6. The number of hydrogen-bond donors (Lipinski definition) is 1. The fraction of sp³-hybridized carbons (Fsp3) is 0.150. The molecule has 0 fully saturated rings. The Morgan fingerprint density at radius 3 is 2.59 bits per heavy atom. The number of benzene rings is 2. The van der Waals surface area contributed by atoms with Crippen LogP contribution in [0.4, 0.5) is 19.0 Å². The second kappa shape index (κ2) is 7.08. The van der Waals surface area contributed by atoms with Gasteiger partial charge in [0.25, 0.3) is 5.91 Å². The largest absolute Gasteiger partial charge is 0.416 e. The van der Waals surface area contributed by atoms with Crippen molar-refractivity contribution >= 4 is 22.6 Å². The summed E-state index contributed by atoms with van der Waals surface area (Å²) < 4.78 is 44.6. The highest BCUT2D eigenvalue weighted by molar-refractivity contribution is 6.08. The van der Waals surface area contributed by atoms with Crippen LogP contribution in [0.15, 0.2) is 59.4 Å². The van der Waals surface area contributed by atoms with Crippen LogP contribution in [0.25, 0.3) is 10.9 Å². The Kier molecular flexibility index (Phi) is 4.57. The van der Waals surface area contributed by atoms with Crippen LogP contribution in [0, 0.1) is 6.92 Å². The van der Waals surface area contributed by atoms with Gasteiger partial charge in [0.1, 0.15) is 6.26 Å². The highest BCUT2D eigenvalue weighted by Gasteiger charge is 2.30. The molecular formula is C20H15F3N4O2. The first-order valence-electron chi connectivity index (χ1n) is 8.66. The van der Waals surface area contributed by atoms with E-state index in [0.717, 1.165) is 28.6 Å². The fourth-order valence-electron chi connectivity index (χ4n) is 3.08. The molecule has 1 N–H and O–H groups in total. The third kappa shape index (κ3) is 3.71. The number of nitrogens with zero attached hydrogens (tertiary/aromatic N) is 3. The summed E-state index contributed by atoms with van der Waals surface area (Å²) in [6.07, 6.45) is -1.86. The average molecular weight is 400 g/mol. The Hall–Kier alpha value is -3.62. The predicted molar refractivity (Wildman–Crippen MR) is 99.5 cm³/mol. The molecule has 0 aliphatic rings. The number of carbonyl (C=O) groups is 1. The van der Waals surface area contributed by atoms with Gasteiger partial charge in [-0.25, -0.2) is 0 Å². The average Bonchev–Trinajstić information content (AvgIpc) is 3.31. The number of nitrogens with one attached hydrogen (secondary N) is 1. The summed E-state index contributed by atoms with van der Waals surface area (Å²) in [5, 5.41) is 11.5. The Bertz CT molecular complexity index is 1160. The summed E-state index contributed by atoms with van der Waals surface area (Å²) in [5.41, 5.74) is 1.86. The van der Waals surface area contributed by atoms with E-state index in [1.807, 2.05) is 25.1 Å². The Morgan fingerprint density at radius 1 is 1.17 bits per heavy atom. The molecule has 0 radical (unpaired) electrons. The van der Waals surface area contributed by atoms with Crippen molar-refractivity contribution in [3.8, 4) is 0 Å². The molecule has 0 aliphatic carbocycles. The van der Waals surface area contributed by atoms with Crippen LogP contribution in [0.2, 0.25) is 0 Å². The molecule has 9 heteroatoms. The SMILES string of the molecule is Cc1cccc2c1c(NC(=O)c1cnoc1)nn2Cc1ccc(C(F)(F)F)cc1. The van der Waals surface area contributed by atoms with Crippen LogP contribution in [0.1, 0.15) is 27.0 Å². The molecule has 2 aromatic carbocycles. The lowest BCUT2D eigenvalue weighted by Crippen LogP contribution is -2.12. The van der Waals surface area contributed by atoms with Crippen LogP contribution >= 0.6 is 0 Å². The lowest BCUT2D eigenvalue weighted by Gasteiger charge is -2.08. The summed E-state index contributed by atoms with van der Waals surface area (Å²) in [7, 11) is 0. The van der Waals surface area contributed by atoms with Crippen molar-refractivity contribution in [1.29, 1.82) is 0 Å². The van der Waals surface area contributed by atoms with Gasteiger partial charge in [-0.3, -0.25) is 9.48 Å². The Balaban J connectivity index is 1.68. The lowest BCUT2D eigenvalue weighted by atomic mass is 10.1. The van der Waals surface area contributed by atoms with E-state index in [2.05, 4.69) is 20.1 Å². The van der Waals surface area contributed by atoms with Gasteiger partial charge in [-0.15, -0.1) is 0 Å². The van der Waals surface area contributed by atoms with Gasteiger partial charge in [0.2, 0.25) is 0 Å². The lowest BCUT2D eigenvalue weighted by molar-refractivity contribution is -0.137. The third-order valence-electron chi connectivity index (χ3n) is 4.53. The molecule has 0 spiro atoms. The minimum absolute atomic E-state index is 0.251. The van der Waals surface area contributed by atoms with Gasteiger partial charge in [-0.2, -0.15) is 18.3 Å². The second-order valence-corrected chi connectivity index (χ2v) is 6.54. The van der Waals surface area contributed by atoms with Crippen molar-refractivity contribution in [1.82, 2.24) is 14.9 Å². The number of anilines is 1. The molecule has 2 aromatic heterocycles. The van der Waals surface area contributed by atoms with Crippen molar-refractivity contribution in [3.63, 3.8) is 0 Å². The number of aryl methyl sites for hydroxylation is 1. The first-order valence-corrected chi connectivity index (χ1v) is 8.66. The topological polar surface area (TPSA) is 73.0 Å². The number of rotatable bonds is 4. The fourth-order valence-corrected chi connectivity index (χ4v) is 3.08. The van der Waals surface area contributed by atoms with Gasteiger partial charge in [-0.05, 0) is 36.2 Å². The Labute approximate surface area is 162 Å². The van der Waals surface area contributed by atoms with E-state index in [1.165, 1.54) is 24.6 Å². The maximum atomic E-state index is 12.8. The van der Waals surface area contributed by atoms with E-state index in [-0.39, 0.29) is 12.1 Å². The standard InChI is InChI=1S/C20H15F3N4O2/c1-12-3-2-4-16-17(12)18(25-19(28)14-9-24-29-11-14)26-27(16)10-13-5-7-15(8-6-13)20(21,22)23/h2-9,11H,10H2,1H3,(H,25,26,28). The maximum absolute atomic E-state index is 12.8. The van der Waals surface area contributed by atoms with Gasteiger partial charge in [-0.1, -0.05) is 29.4 Å². The summed E-state index contributed by atoms with van der Waals surface area (Å²) in [4.78, 5) is 12.4. The monoisotopic (exact) mass is 400 g/mol. The minimum atomic E-state index is -4.38. The molecule has 0 unspecified atom stereocenters. The molecule has 4 rings (SSSR count). The molecular weight excluding hydrogens is 385 g/mol. The van der Waals surface area contributed by atoms with Crippen LogP contribution in [-0.4, -0.2) is 20.8 Å². The highest BCUT2D eigenvalue weighted by Crippen LogP contribution is 2.30. The normalized spacial score (nSPS) is 11.7. The number of amides is 1. The molecule has 29 heavy (non-hydrogen) atoms. The van der Waals surface area contributed by atoms with Crippen LogP contribution in [-0.2, 0) is 12.7 Å².